The summed E-state index contributed by atoms with van der Waals surface area (Å²) in [6, 6.07) is 8.30. The number of aliphatic hydroxyl groups is 2. The number of hydrogen-bond donors (Lipinski definition) is 3. The number of nitrogens with zero attached hydrogens (tertiary/aromatic N) is 1. The minimum Gasteiger partial charge on any atom is -0.493 e. The third-order valence-corrected chi connectivity index (χ3v) is 6.99. The fourth-order valence-electron chi connectivity index (χ4n) is 4.34. The molecule has 0 bridgehead atoms. The molecule has 0 saturated heterocycles. The first-order valence-electron chi connectivity index (χ1n) is 12.0. The summed E-state index contributed by atoms with van der Waals surface area (Å²) < 4.78 is 25.8. The second-order valence-electron chi connectivity index (χ2n) is 8.76. The Morgan fingerprint density at radius 2 is 2.05 bits per heavy atom. The topological polar surface area (TPSA) is 125 Å². The fraction of sp³-hybridized carbons (Fsp3) is 0.370. The molecule has 3 atom stereocenters. The van der Waals surface area contributed by atoms with Crippen molar-refractivity contribution in [2.24, 2.45) is 0 Å². The molecule has 11 heteroatoms. The number of methoxy groups -OCH3 is 1. The first-order chi connectivity index (χ1) is 18.2. The Bertz CT molecular complexity index is 1210. The number of hydrogen-bond acceptors (Lipinski definition) is 7. The van der Waals surface area contributed by atoms with E-state index >= 15 is 0 Å². The molecule has 3 N–H and O–H groups in total. The van der Waals surface area contributed by atoms with E-state index in [1.54, 1.807) is 18.2 Å². The molecule has 1 aliphatic rings. The molecule has 2 aromatic rings. The number of nitrogens with one attached hydrogen (secondary N) is 1. The smallest absolute Gasteiger partial charge is 0.247 e. The average Bonchev–Trinajstić information content (AvgIpc) is 2.89. The Morgan fingerprint density at radius 3 is 2.68 bits per heavy atom. The van der Waals surface area contributed by atoms with Gasteiger partial charge in [-0.15, -0.1) is 0 Å². The third-order valence-electron chi connectivity index (χ3n) is 6.19. The van der Waals surface area contributed by atoms with E-state index < -0.39 is 30.0 Å². The number of halogens is 2. The summed E-state index contributed by atoms with van der Waals surface area (Å²) in [5.74, 6) is -0.649. The molecule has 0 heterocycles. The van der Waals surface area contributed by atoms with Crippen molar-refractivity contribution < 1.29 is 38.5 Å². The van der Waals surface area contributed by atoms with Crippen LogP contribution in [0.1, 0.15) is 29.3 Å². The van der Waals surface area contributed by atoms with Crippen molar-refractivity contribution in [3.05, 3.63) is 68.6 Å². The van der Waals surface area contributed by atoms with Gasteiger partial charge in [-0.2, -0.15) is 0 Å². The zero-order chi connectivity index (χ0) is 27.8. The molecule has 0 unspecified atom stereocenters. The lowest BCUT2D eigenvalue weighted by atomic mass is 9.88. The predicted molar refractivity (Wildman–Crippen MR) is 146 cm³/mol. The average molecular weight is 640 g/mol. The number of benzene rings is 2. The van der Waals surface area contributed by atoms with Gasteiger partial charge in [-0.05, 0) is 64.9 Å². The van der Waals surface area contributed by atoms with Crippen molar-refractivity contribution >= 4 is 40.7 Å². The van der Waals surface area contributed by atoms with Crippen molar-refractivity contribution in [3.8, 4) is 11.5 Å². The number of carbonyl (C=O) groups excluding carboxylic acids is 3. The molecule has 9 nitrogen and oxygen atoms in total. The molecule has 0 radical (unpaired) electrons. The maximum absolute atomic E-state index is 13.7. The summed E-state index contributed by atoms with van der Waals surface area (Å²) in [6.45, 7) is 1.32. The Kier molecular flexibility index (Phi) is 10.6. The lowest BCUT2D eigenvalue weighted by Crippen LogP contribution is -2.55. The number of amides is 2. The van der Waals surface area contributed by atoms with E-state index in [9.17, 15) is 23.9 Å². The second kappa shape index (κ2) is 13.7. The molecule has 1 aliphatic carbocycles. The number of aliphatic hydroxyl groups excluding tert-OH is 2. The molecule has 0 saturated carbocycles. The highest BCUT2D eigenvalue weighted by Crippen LogP contribution is 2.37. The van der Waals surface area contributed by atoms with Gasteiger partial charge >= 0.3 is 0 Å². The van der Waals surface area contributed by atoms with Gasteiger partial charge in [0.15, 0.2) is 11.5 Å². The molecular formula is C27H30FIN2O7. The predicted octanol–water partition coefficient (Wildman–Crippen LogP) is 2.26. The number of carbonyl (C=O) groups is 3. The van der Waals surface area contributed by atoms with Gasteiger partial charge in [0.1, 0.15) is 24.3 Å². The molecule has 0 aliphatic heterocycles. The molecule has 3 rings (SSSR count). The van der Waals surface area contributed by atoms with Crippen LogP contribution in [0.2, 0.25) is 0 Å². The van der Waals surface area contributed by atoms with E-state index in [0.29, 0.717) is 27.4 Å². The lowest BCUT2D eigenvalue weighted by Gasteiger charge is -2.40. The summed E-state index contributed by atoms with van der Waals surface area (Å²) in [5.41, 5.74) is 1.33. The van der Waals surface area contributed by atoms with E-state index in [0.717, 1.165) is 0 Å². The summed E-state index contributed by atoms with van der Waals surface area (Å²) in [4.78, 5) is 38.3. The van der Waals surface area contributed by atoms with Crippen LogP contribution in [0.3, 0.4) is 0 Å². The Balaban J connectivity index is 1.95. The summed E-state index contributed by atoms with van der Waals surface area (Å²) >= 11 is 1.98. The second-order valence-corrected chi connectivity index (χ2v) is 9.92. The van der Waals surface area contributed by atoms with Gasteiger partial charge in [-0.25, -0.2) is 4.39 Å². The summed E-state index contributed by atoms with van der Waals surface area (Å²) in [6.07, 6.45) is 0.255. The zero-order valence-corrected chi connectivity index (χ0v) is 23.2. The summed E-state index contributed by atoms with van der Waals surface area (Å²) in [7, 11) is 1.42. The highest BCUT2D eigenvalue weighted by Gasteiger charge is 2.40. The zero-order valence-electron chi connectivity index (χ0n) is 21.0. The molecule has 0 spiro atoms. The summed E-state index contributed by atoms with van der Waals surface area (Å²) in [5, 5.41) is 23.1. The van der Waals surface area contributed by atoms with Crippen LogP contribution in [0.5, 0.6) is 11.5 Å². The Morgan fingerprint density at radius 1 is 1.29 bits per heavy atom. The minimum atomic E-state index is -1.23. The molecular weight excluding hydrogens is 610 g/mol. The van der Waals surface area contributed by atoms with Crippen LogP contribution in [-0.4, -0.2) is 78.3 Å². The highest BCUT2D eigenvalue weighted by atomic mass is 127. The first kappa shape index (κ1) is 29.5. The molecule has 0 fully saturated rings. The van der Waals surface area contributed by atoms with Crippen LogP contribution in [0.4, 0.5) is 4.39 Å². The van der Waals surface area contributed by atoms with Crippen molar-refractivity contribution in [2.45, 2.75) is 38.0 Å². The maximum atomic E-state index is 13.7. The van der Waals surface area contributed by atoms with Gasteiger partial charge in [0.05, 0.1) is 23.3 Å². The first-order valence-corrected chi connectivity index (χ1v) is 13.0. The maximum Gasteiger partial charge on any atom is 0.247 e. The Hall–Kier alpha value is -3.03. The monoisotopic (exact) mass is 640 g/mol. The highest BCUT2D eigenvalue weighted by molar-refractivity contribution is 14.1. The Labute approximate surface area is 233 Å². The fourth-order valence-corrected chi connectivity index (χ4v) is 5.09. The number of aldehydes is 1. The standard InChI is InChI=1S/C27H30FIN2O7/c1-16(34)31(8-6-17-4-3-5-20(28)10-17)22-13-19(27(36)30-7-9-32)14-23(25(22)35)38-26-21(29)11-18(15-33)12-24(26)37-2/h3-5,10-12,14-15,22-23,25,32,35H,6-9,13H2,1-2H3,(H,30,36)/t22-,23+,25+/m1/s1. The number of ether oxygens (including phenoxy) is 2. The van der Waals surface area contributed by atoms with Crippen LogP contribution in [0, 0.1) is 9.39 Å². The number of rotatable bonds is 11. The van der Waals surface area contributed by atoms with E-state index in [1.165, 1.54) is 43.2 Å². The molecule has 0 aromatic heterocycles. The minimum absolute atomic E-state index is 0.0315. The van der Waals surface area contributed by atoms with Gasteiger partial charge in [-0.1, -0.05) is 12.1 Å². The van der Waals surface area contributed by atoms with Gasteiger partial charge in [-0.3, -0.25) is 14.4 Å². The van der Waals surface area contributed by atoms with Crippen LogP contribution in [0.25, 0.3) is 0 Å². The third kappa shape index (κ3) is 7.29. The quantitative estimate of drug-likeness (QED) is 0.254. The van der Waals surface area contributed by atoms with Crippen molar-refractivity contribution in [1.29, 1.82) is 0 Å². The largest absolute Gasteiger partial charge is 0.493 e. The van der Waals surface area contributed by atoms with E-state index in [2.05, 4.69) is 5.32 Å². The van der Waals surface area contributed by atoms with Gasteiger partial charge in [0.2, 0.25) is 11.8 Å². The van der Waals surface area contributed by atoms with E-state index in [4.69, 9.17) is 14.6 Å². The van der Waals surface area contributed by atoms with Gasteiger partial charge in [0, 0.05) is 37.6 Å². The normalized spacial score (nSPS) is 18.8. The van der Waals surface area contributed by atoms with Crippen molar-refractivity contribution in [1.82, 2.24) is 10.2 Å². The van der Waals surface area contributed by atoms with Crippen molar-refractivity contribution in [2.75, 3.05) is 26.8 Å². The van der Waals surface area contributed by atoms with Gasteiger partial charge < -0.3 is 29.9 Å². The molecule has 2 aromatic carbocycles. The SMILES string of the molecule is COc1cc(C=O)cc(I)c1O[C@H]1C=C(C(=O)NCCO)C[C@@H](N(CCc2cccc(F)c2)C(C)=O)[C@@H]1O. The molecule has 204 valence electrons. The van der Waals surface area contributed by atoms with Gasteiger partial charge in [0.25, 0.3) is 0 Å². The molecule has 2 amide bonds. The van der Waals surface area contributed by atoms with E-state index in [-0.39, 0.29) is 49.1 Å². The van der Waals surface area contributed by atoms with Crippen LogP contribution < -0.4 is 14.8 Å². The van der Waals surface area contributed by atoms with E-state index in [1.807, 2.05) is 22.6 Å². The van der Waals surface area contributed by atoms with Crippen LogP contribution in [-0.2, 0) is 16.0 Å². The lowest BCUT2D eigenvalue weighted by molar-refractivity contribution is -0.136. The molecule has 38 heavy (non-hydrogen) atoms. The van der Waals surface area contributed by atoms with Crippen LogP contribution >= 0.6 is 22.6 Å². The van der Waals surface area contributed by atoms with Crippen molar-refractivity contribution in [3.63, 3.8) is 0 Å². The van der Waals surface area contributed by atoms with Crippen LogP contribution in [0.15, 0.2) is 48.0 Å².